The average molecular weight is 353 g/mol. The molecule has 0 fully saturated rings. The molecular weight excluding hydrogens is 328 g/mol. The van der Waals surface area contributed by atoms with E-state index in [1.807, 2.05) is 38.1 Å². The summed E-state index contributed by atoms with van der Waals surface area (Å²) in [5.74, 6) is 0.583. The summed E-state index contributed by atoms with van der Waals surface area (Å²) in [4.78, 5) is 12.5. The minimum atomic E-state index is -0.375. The van der Waals surface area contributed by atoms with Gasteiger partial charge in [0.1, 0.15) is 5.75 Å². The van der Waals surface area contributed by atoms with Crippen LogP contribution in [0.3, 0.4) is 0 Å². The van der Waals surface area contributed by atoms with Crippen LogP contribution in [0.15, 0.2) is 30.5 Å². The van der Waals surface area contributed by atoms with Crippen molar-refractivity contribution in [2.45, 2.75) is 32.2 Å². The number of aromatic nitrogens is 2. The van der Waals surface area contributed by atoms with Gasteiger partial charge < -0.3 is 15.8 Å². The zero-order valence-corrected chi connectivity index (χ0v) is 15.1. The highest BCUT2D eigenvalue weighted by Gasteiger charge is 2.22. The number of hydrogen-bond acceptors (Lipinski definition) is 4. The second-order valence-corrected chi connectivity index (χ2v) is 5.64. The highest BCUT2D eigenvalue weighted by atomic mass is 35.5. The molecule has 7 heteroatoms. The molecule has 0 unspecified atom stereocenters. The van der Waals surface area contributed by atoms with Gasteiger partial charge >= 0.3 is 0 Å². The maximum Gasteiger partial charge on any atom is 0.255 e. The molecule has 0 spiro atoms. The highest BCUT2D eigenvalue weighted by molar-refractivity contribution is 5.99. The molecule has 0 aliphatic rings. The zero-order chi connectivity index (χ0) is 16.9. The monoisotopic (exact) mass is 352 g/mol. The van der Waals surface area contributed by atoms with Crippen molar-refractivity contribution in [1.29, 1.82) is 0 Å². The Morgan fingerprint density at radius 3 is 2.46 bits per heavy atom. The number of H-pyrrole nitrogens is 1. The Morgan fingerprint density at radius 2 is 1.92 bits per heavy atom. The fourth-order valence-corrected chi connectivity index (χ4v) is 2.29. The number of carbonyl (C=O) groups excluding carboxylic acids is 1. The average Bonchev–Trinajstić information content (AvgIpc) is 3.09. The number of carbonyl (C=O) groups is 1. The van der Waals surface area contributed by atoms with E-state index in [2.05, 4.69) is 15.5 Å². The van der Waals surface area contributed by atoms with Crippen LogP contribution in [-0.2, 0) is 0 Å². The fraction of sp³-hybridized carbons (Fsp3) is 0.412. The van der Waals surface area contributed by atoms with E-state index in [0.717, 1.165) is 24.2 Å². The Labute approximate surface area is 148 Å². The second-order valence-electron chi connectivity index (χ2n) is 5.64. The topological polar surface area (TPSA) is 93.0 Å². The predicted octanol–water partition coefficient (Wildman–Crippen LogP) is 2.75. The number of rotatable bonds is 7. The molecule has 4 N–H and O–H groups in total. The number of nitrogens with one attached hydrogen (secondary N) is 2. The Hall–Kier alpha value is -2.05. The molecule has 2 aromatic rings. The molecule has 132 valence electrons. The second kappa shape index (κ2) is 8.70. The van der Waals surface area contributed by atoms with Crippen LogP contribution in [0.1, 0.15) is 37.0 Å². The first kappa shape index (κ1) is 20.0. The van der Waals surface area contributed by atoms with Crippen LogP contribution in [0, 0.1) is 0 Å². The predicted molar refractivity (Wildman–Crippen MR) is 97.7 cm³/mol. The Kier molecular flexibility index (Phi) is 7.25. The van der Waals surface area contributed by atoms with Gasteiger partial charge in [0, 0.05) is 17.6 Å². The molecule has 1 aromatic heterocycles. The molecule has 0 saturated carbocycles. The molecule has 1 amide bonds. The first-order chi connectivity index (χ1) is 11.0. The van der Waals surface area contributed by atoms with Crippen molar-refractivity contribution in [2.24, 2.45) is 5.73 Å². The maximum atomic E-state index is 12.5. The number of hydrogen-bond donors (Lipinski definition) is 3. The first-order valence-corrected chi connectivity index (χ1v) is 7.78. The molecule has 0 atom stereocenters. The molecule has 0 aliphatic heterocycles. The van der Waals surface area contributed by atoms with Gasteiger partial charge in [-0.1, -0.05) is 13.8 Å². The summed E-state index contributed by atoms with van der Waals surface area (Å²) in [6, 6.07) is 7.46. The summed E-state index contributed by atoms with van der Waals surface area (Å²) < 4.78 is 5.15. The Balaban J connectivity index is 0.00000288. The van der Waals surface area contributed by atoms with Crippen LogP contribution in [-0.4, -0.2) is 35.3 Å². The van der Waals surface area contributed by atoms with Gasteiger partial charge in [-0.3, -0.25) is 9.89 Å². The fourth-order valence-electron chi connectivity index (χ4n) is 2.29. The van der Waals surface area contributed by atoms with E-state index in [0.29, 0.717) is 17.8 Å². The molecular formula is C17H25ClN4O2. The number of ether oxygens (including phenoxy) is 1. The van der Waals surface area contributed by atoms with Crippen LogP contribution >= 0.6 is 12.4 Å². The molecule has 6 nitrogen and oxygen atoms in total. The van der Waals surface area contributed by atoms with Gasteiger partial charge in [0.2, 0.25) is 0 Å². The third kappa shape index (κ3) is 4.49. The SMILES string of the molecule is CCC(N)(CC)CNC(=O)c1cn[nH]c1-c1ccc(OC)cc1.Cl. The Bertz CT molecular complexity index is 651. The van der Waals surface area contributed by atoms with Crippen molar-refractivity contribution in [3.05, 3.63) is 36.0 Å². The van der Waals surface area contributed by atoms with E-state index < -0.39 is 0 Å². The molecule has 2 rings (SSSR count). The summed E-state index contributed by atoms with van der Waals surface area (Å²) in [6.07, 6.45) is 3.14. The van der Waals surface area contributed by atoms with Crippen molar-refractivity contribution >= 4 is 18.3 Å². The van der Waals surface area contributed by atoms with Crippen molar-refractivity contribution in [2.75, 3.05) is 13.7 Å². The lowest BCUT2D eigenvalue weighted by Crippen LogP contribution is -2.49. The molecule has 0 radical (unpaired) electrons. The highest BCUT2D eigenvalue weighted by Crippen LogP contribution is 2.23. The minimum absolute atomic E-state index is 0. The van der Waals surface area contributed by atoms with Crippen LogP contribution in [0.5, 0.6) is 5.75 Å². The van der Waals surface area contributed by atoms with E-state index in [1.54, 1.807) is 7.11 Å². The third-order valence-corrected chi connectivity index (χ3v) is 4.27. The number of amides is 1. The number of nitrogens with two attached hydrogens (primary N) is 1. The third-order valence-electron chi connectivity index (χ3n) is 4.27. The van der Waals surface area contributed by atoms with Crippen LogP contribution in [0.4, 0.5) is 0 Å². The van der Waals surface area contributed by atoms with Crippen molar-refractivity contribution in [3.8, 4) is 17.0 Å². The molecule has 0 saturated heterocycles. The lowest BCUT2D eigenvalue weighted by atomic mass is 9.94. The first-order valence-electron chi connectivity index (χ1n) is 7.78. The quantitative estimate of drug-likeness (QED) is 0.714. The van der Waals surface area contributed by atoms with E-state index in [9.17, 15) is 4.79 Å². The van der Waals surface area contributed by atoms with E-state index in [4.69, 9.17) is 10.5 Å². The number of aromatic amines is 1. The van der Waals surface area contributed by atoms with Gasteiger partial charge in [0.05, 0.1) is 24.6 Å². The molecule has 1 heterocycles. The van der Waals surface area contributed by atoms with Gasteiger partial charge in [-0.2, -0.15) is 5.10 Å². The summed E-state index contributed by atoms with van der Waals surface area (Å²) in [5.41, 5.74) is 7.91. The molecule has 24 heavy (non-hydrogen) atoms. The van der Waals surface area contributed by atoms with Crippen molar-refractivity contribution < 1.29 is 9.53 Å². The van der Waals surface area contributed by atoms with E-state index in [-0.39, 0.29) is 23.9 Å². The maximum absolute atomic E-state index is 12.5. The lowest BCUT2D eigenvalue weighted by Gasteiger charge is -2.26. The number of benzene rings is 1. The summed E-state index contributed by atoms with van der Waals surface area (Å²) in [5, 5.41) is 9.79. The summed E-state index contributed by atoms with van der Waals surface area (Å²) in [7, 11) is 1.62. The normalized spacial score (nSPS) is 10.8. The van der Waals surface area contributed by atoms with E-state index >= 15 is 0 Å². The van der Waals surface area contributed by atoms with Crippen LogP contribution in [0.2, 0.25) is 0 Å². The largest absolute Gasteiger partial charge is 0.497 e. The zero-order valence-electron chi connectivity index (χ0n) is 14.3. The molecule has 0 aliphatic carbocycles. The van der Waals surface area contributed by atoms with Crippen molar-refractivity contribution in [1.82, 2.24) is 15.5 Å². The van der Waals surface area contributed by atoms with Gasteiger partial charge in [0.15, 0.2) is 0 Å². The number of halogens is 1. The standard InChI is InChI=1S/C17H24N4O2.ClH/c1-4-17(18,5-2)11-19-16(22)14-10-20-21-15(14)12-6-8-13(23-3)9-7-12;/h6-10H,4-5,11,18H2,1-3H3,(H,19,22)(H,20,21);1H. The van der Waals surface area contributed by atoms with Crippen molar-refractivity contribution in [3.63, 3.8) is 0 Å². The molecule has 1 aromatic carbocycles. The van der Waals surface area contributed by atoms with E-state index in [1.165, 1.54) is 6.20 Å². The lowest BCUT2D eigenvalue weighted by molar-refractivity contribution is 0.0943. The van der Waals surface area contributed by atoms with Gasteiger partial charge in [-0.25, -0.2) is 0 Å². The van der Waals surface area contributed by atoms with Gasteiger partial charge in [0.25, 0.3) is 5.91 Å². The van der Waals surface area contributed by atoms with Gasteiger partial charge in [-0.15, -0.1) is 12.4 Å². The van der Waals surface area contributed by atoms with Crippen LogP contribution < -0.4 is 15.8 Å². The molecule has 0 bridgehead atoms. The minimum Gasteiger partial charge on any atom is -0.497 e. The smallest absolute Gasteiger partial charge is 0.255 e. The van der Waals surface area contributed by atoms with Crippen LogP contribution in [0.25, 0.3) is 11.3 Å². The Morgan fingerprint density at radius 1 is 1.29 bits per heavy atom. The van der Waals surface area contributed by atoms with Gasteiger partial charge in [-0.05, 0) is 37.1 Å². The summed E-state index contributed by atoms with van der Waals surface area (Å²) in [6.45, 7) is 4.48. The number of nitrogens with zero attached hydrogens (tertiary/aromatic N) is 1. The number of methoxy groups -OCH3 is 1. The summed E-state index contributed by atoms with van der Waals surface area (Å²) >= 11 is 0.